The van der Waals surface area contributed by atoms with E-state index in [1.54, 1.807) is 4.90 Å². The number of carboxylic acids is 1. The molecule has 0 saturated carbocycles. The molecule has 2 unspecified atom stereocenters. The van der Waals surface area contributed by atoms with Gasteiger partial charge in [0.05, 0.1) is 17.3 Å². The van der Waals surface area contributed by atoms with E-state index >= 15 is 0 Å². The van der Waals surface area contributed by atoms with Crippen LogP contribution >= 0.6 is 11.8 Å². The number of aliphatic carboxylic acids is 1. The Bertz CT molecular complexity index is 505. The summed E-state index contributed by atoms with van der Waals surface area (Å²) in [5, 5.41) is 8.71. The Balaban J connectivity index is 1.69. The lowest BCUT2D eigenvalue weighted by molar-refractivity contribution is -0.137. The van der Waals surface area contributed by atoms with Gasteiger partial charge >= 0.3 is 5.97 Å². The minimum Gasteiger partial charge on any atom is -0.481 e. The number of hydrogen-bond acceptors (Lipinski definition) is 5. The van der Waals surface area contributed by atoms with Crippen molar-refractivity contribution in [2.75, 3.05) is 30.3 Å². The highest BCUT2D eigenvalue weighted by Crippen LogP contribution is 2.26. The molecule has 2 fully saturated rings. The molecule has 1 amide bonds. The van der Waals surface area contributed by atoms with Crippen molar-refractivity contribution in [2.45, 2.75) is 30.9 Å². The highest BCUT2D eigenvalue weighted by atomic mass is 32.2. The number of thioether (sulfide) groups is 1. The molecule has 8 heteroatoms. The summed E-state index contributed by atoms with van der Waals surface area (Å²) in [6.07, 6.45) is 2.28. The van der Waals surface area contributed by atoms with Gasteiger partial charge < -0.3 is 10.0 Å². The molecule has 0 aromatic heterocycles. The molecule has 2 aliphatic heterocycles. The summed E-state index contributed by atoms with van der Waals surface area (Å²) in [7, 11) is -2.89. The number of hydrogen-bond donors (Lipinski definition) is 1. The molecule has 2 aliphatic rings. The normalized spacial score (nSPS) is 27.9. The zero-order valence-electron chi connectivity index (χ0n) is 11.9. The van der Waals surface area contributed by atoms with Crippen LogP contribution in [0, 0.1) is 5.92 Å². The van der Waals surface area contributed by atoms with Gasteiger partial charge in [0.2, 0.25) is 5.91 Å². The van der Waals surface area contributed by atoms with Crippen molar-refractivity contribution in [1.29, 1.82) is 0 Å². The van der Waals surface area contributed by atoms with E-state index in [-0.39, 0.29) is 35.0 Å². The van der Waals surface area contributed by atoms with Gasteiger partial charge in [0.1, 0.15) is 0 Å². The largest absolute Gasteiger partial charge is 0.481 e. The zero-order valence-corrected chi connectivity index (χ0v) is 13.5. The molecule has 120 valence electrons. The summed E-state index contributed by atoms with van der Waals surface area (Å²) >= 11 is 1.44. The van der Waals surface area contributed by atoms with Gasteiger partial charge in [0, 0.05) is 24.8 Å². The predicted molar refractivity (Wildman–Crippen MR) is 81.1 cm³/mol. The fraction of sp³-hybridized carbons (Fsp3) is 0.846. The summed E-state index contributed by atoms with van der Waals surface area (Å²) in [6.45, 7) is 1.32. The number of rotatable bonds is 6. The molecule has 0 aromatic carbocycles. The van der Waals surface area contributed by atoms with Crippen LogP contribution in [-0.4, -0.2) is 65.9 Å². The molecular weight excluding hydrogens is 314 g/mol. The maximum absolute atomic E-state index is 12.1. The first-order valence-corrected chi connectivity index (χ1v) is 10.0. The van der Waals surface area contributed by atoms with Crippen molar-refractivity contribution in [3.8, 4) is 0 Å². The second kappa shape index (κ2) is 7.00. The van der Waals surface area contributed by atoms with Crippen molar-refractivity contribution in [3.05, 3.63) is 0 Å². The number of likely N-dealkylation sites (tertiary alicyclic amines) is 1. The molecule has 2 heterocycles. The van der Waals surface area contributed by atoms with Crippen LogP contribution in [0.15, 0.2) is 0 Å². The number of carboxylic acid groups (broad SMARTS) is 1. The molecule has 2 atom stereocenters. The van der Waals surface area contributed by atoms with Crippen molar-refractivity contribution in [1.82, 2.24) is 4.90 Å². The van der Waals surface area contributed by atoms with E-state index in [0.29, 0.717) is 31.7 Å². The summed E-state index contributed by atoms with van der Waals surface area (Å²) in [5.41, 5.74) is 0. The van der Waals surface area contributed by atoms with Crippen LogP contribution in [-0.2, 0) is 19.4 Å². The molecule has 0 aliphatic carbocycles. The molecule has 0 aromatic rings. The molecule has 1 N–H and O–H groups in total. The van der Waals surface area contributed by atoms with Crippen molar-refractivity contribution in [2.24, 2.45) is 5.92 Å². The molecule has 0 radical (unpaired) electrons. The number of sulfone groups is 1. The third-order valence-electron chi connectivity index (χ3n) is 4.04. The molecule has 2 rings (SSSR count). The second-order valence-electron chi connectivity index (χ2n) is 5.76. The SMILES string of the molecule is O=C(O)CCC1CCN(C(=O)CSC2CCS(=O)(=O)C2)C1. The standard InChI is InChI=1S/C13H21NO5S2/c15-12(8-20-11-4-6-21(18,19)9-11)14-5-3-10(7-14)1-2-13(16)17/h10-11H,1-9H2,(H,16,17). The third kappa shape index (κ3) is 5.18. The van der Waals surface area contributed by atoms with Crippen LogP contribution in [0.25, 0.3) is 0 Å². The van der Waals surface area contributed by atoms with E-state index in [4.69, 9.17) is 5.11 Å². The van der Waals surface area contributed by atoms with Gasteiger partial charge in [0.25, 0.3) is 0 Å². The topological polar surface area (TPSA) is 91.8 Å². The first kappa shape index (κ1) is 16.6. The number of carbonyl (C=O) groups is 2. The van der Waals surface area contributed by atoms with E-state index in [9.17, 15) is 18.0 Å². The average molecular weight is 335 g/mol. The van der Waals surface area contributed by atoms with Gasteiger partial charge in [-0.25, -0.2) is 8.42 Å². The second-order valence-corrected chi connectivity index (χ2v) is 9.28. The summed E-state index contributed by atoms with van der Waals surface area (Å²) < 4.78 is 22.7. The van der Waals surface area contributed by atoms with E-state index in [0.717, 1.165) is 6.42 Å². The van der Waals surface area contributed by atoms with Crippen molar-refractivity contribution < 1.29 is 23.1 Å². The van der Waals surface area contributed by atoms with Crippen LogP contribution in [0.1, 0.15) is 25.7 Å². The quantitative estimate of drug-likeness (QED) is 0.765. The summed E-state index contributed by atoms with van der Waals surface area (Å²) in [5.74, 6) is 0.277. The van der Waals surface area contributed by atoms with E-state index < -0.39 is 15.8 Å². The van der Waals surface area contributed by atoms with Crippen LogP contribution in [0.5, 0.6) is 0 Å². The van der Waals surface area contributed by atoms with Gasteiger partial charge in [-0.15, -0.1) is 11.8 Å². The maximum Gasteiger partial charge on any atom is 0.303 e. The molecule has 2 saturated heterocycles. The average Bonchev–Trinajstić information content (AvgIpc) is 3.00. The van der Waals surface area contributed by atoms with E-state index in [2.05, 4.69) is 0 Å². The molecule has 0 bridgehead atoms. The lowest BCUT2D eigenvalue weighted by Crippen LogP contribution is -2.31. The highest BCUT2D eigenvalue weighted by molar-refractivity contribution is 8.02. The fourth-order valence-corrected chi connectivity index (χ4v) is 6.34. The molecule has 21 heavy (non-hydrogen) atoms. The van der Waals surface area contributed by atoms with Gasteiger partial charge in [-0.05, 0) is 25.2 Å². The number of amides is 1. The van der Waals surface area contributed by atoms with Crippen LogP contribution in [0.3, 0.4) is 0 Å². The third-order valence-corrected chi connectivity index (χ3v) is 7.30. The van der Waals surface area contributed by atoms with Gasteiger partial charge in [-0.1, -0.05) is 0 Å². The smallest absolute Gasteiger partial charge is 0.303 e. The number of nitrogens with zero attached hydrogens (tertiary/aromatic N) is 1. The zero-order chi connectivity index (χ0) is 15.5. The van der Waals surface area contributed by atoms with Gasteiger partial charge in [-0.3, -0.25) is 9.59 Å². The minimum atomic E-state index is -2.89. The van der Waals surface area contributed by atoms with Crippen molar-refractivity contribution in [3.63, 3.8) is 0 Å². The van der Waals surface area contributed by atoms with Crippen LogP contribution in [0.2, 0.25) is 0 Å². The Morgan fingerprint density at radius 2 is 2.05 bits per heavy atom. The Morgan fingerprint density at radius 1 is 1.29 bits per heavy atom. The van der Waals surface area contributed by atoms with E-state index in [1.165, 1.54) is 11.8 Å². The van der Waals surface area contributed by atoms with Gasteiger partial charge in [-0.2, -0.15) is 0 Å². The van der Waals surface area contributed by atoms with E-state index in [1.807, 2.05) is 0 Å². The Hall–Kier alpha value is -0.760. The first-order chi connectivity index (χ1) is 9.85. The highest BCUT2D eigenvalue weighted by Gasteiger charge is 2.30. The first-order valence-electron chi connectivity index (χ1n) is 7.17. The van der Waals surface area contributed by atoms with Crippen LogP contribution in [0.4, 0.5) is 0 Å². The Labute approximate surface area is 129 Å². The lowest BCUT2D eigenvalue weighted by Gasteiger charge is -2.17. The van der Waals surface area contributed by atoms with Crippen LogP contribution < -0.4 is 0 Å². The van der Waals surface area contributed by atoms with Gasteiger partial charge in [0.15, 0.2) is 9.84 Å². The Morgan fingerprint density at radius 3 is 2.67 bits per heavy atom. The molecule has 6 nitrogen and oxygen atoms in total. The summed E-state index contributed by atoms with van der Waals surface area (Å²) in [4.78, 5) is 24.4. The predicted octanol–water partition coefficient (Wildman–Crippen LogP) is 0.620. The van der Waals surface area contributed by atoms with Crippen molar-refractivity contribution >= 4 is 33.5 Å². The lowest BCUT2D eigenvalue weighted by atomic mass is 10.0. The fourth-order valence-electron chi connectivity index (χ4n) is 2.80. The monoisotopic (exact) mass is 335 g/mol. The number of carbonyl (C=O) groups excluding carboxylic acids is 1. The maximum atomic E-state index is 12.1. The molecular formula is C13H21NO5S2. The minimum absolute atomic E-state index is 0.0436. The molecule has 0 spiro atoms. The Kier molecular flexibility index (Phi) is 5.54. The summed E-state index contributed by atoms with van der Waals surface area (Å²) in [6, 6.07) is 0.